The van der Waals surface area contributed by atoms with Crippen LogP contribution in [0.15, 0.2) is 41.1 Å². The Bertz CT molecular complexity index is 592. The summed E-state index contributed by atoms with van der Waals surface area (Å²) in [4.78, 5) is 25.4. The smallest absolute Gasteiger partial charge is 0.339 e. The third kappa shape index (κ3) is 2.66. The van der Waals surface area contributed by atoms with E-state index in [2.05, 4.69) is 0 Å². The van der Waals surface area contributed by atoms with Gasteiger partial charge in [-0.05, 0) is 23.6 Å². The van der Waals surface area contributed by atoms with E-state index in [0.29, 0.717) is 16.8 Å². The van der Waals surface area contributed by atoms with Crippen LogP contribution >= 0.6 is 11.3 Å². The van der Waals surface area contributed by atoms with E-state index < -0.39 is 5.97 Å². The molecular formula is C14H13NO3S. The van der Waals surface area contributed by atoms with Crippen molar-refractivity contribution < 1.29 is 14.3 Å². The zero-order valence-electron chi connectivity index (χ0n) is 10.6. The van der Waals surface area contributed by atoms with E-state index >= 15 is 0 Å². The number of methoxy groups -OCH3 is 1. The predicted octanol–water partition coefficient (Wildman–Crippen LogP) is 2.81. The highest BCUT2D eigenvalue weighted by Gasteiger charge is 2.19. The van der Waals surface area contributed by atoms with Crippen LogP contribution in [-0.2, 0) is 4.74 Å². The summed E-state index contributed by atoms with van der Waals surface area (Å²) in [5.41, 5.74) is 1.51. The second-order valence-corrected chi connectivity index (χ2v) is 4.66. The first kappa shape index (κ1) is 13.3. The lowest BCUT2D eigenvalue weighted by atomic mass is 10.1. The Morgan fingerprint density at radius 1 is 1.21 bits per heavy atom. The third-order valence-corrected chi connectivity index (χ3v) is 3.43. The van der Waals surface area contributed by atoms with Gasteiger partial charge in [-0.15, -0.1) is 0 Å². The molecule has 0 aliphatic heterocycles. The van der Waals surface area contributed by atoms with Crippen LogP contribution in [0, 0.1) is 0 Å². The summed E-state index contributed by atoms with van der Waals surface area (Å²) in [6, 6.07) is 8.62. The first-order valence-corrected chi connectivity index (χ1v) is 6.57. The number of carbonyl (C=O) groups excluding carboxylic acids is 2. The van der Waals surface area contributed by atoms with Gasteiger partial charge in [0.05, 0.1) is 23.9 Å². The number of amides is 1. The highest BCUT2D eigenvalue weighted by atomic mass is 32.1. The van der Waals surface area contributed by atoms with Crippen molar-refractivity contribution in [2.24, 2.45) is 0 Å². The molecule has 0 aliphatic rings. The van der Waals surface area contributed by atoms with Crippen molar-refractivity contribution in [3.8, 4) is 0 Å². The van der Waals surface area contributed by atoms with Crippen LogP contribution in [-0.4, -0.2) is 26.0 Å². The maximum atomic E-state index is 12.2. The lowest BCUT2D eigenvalue weighted by molar-refractivity contribution is 0.0601. The number of hydrogen-bond acceptors (Lipinski definition) is 4. The van der Waals surface area contributed by atoms with Gasteiger partial charge >= 0.3 is 5.97 Å². The molecule has 0 saturated heterocycles. The fourth-order valence-electron chi connectivity index (χ4n) is 1.74. The molecule has 0 bridgehead atoms. The Morgan fingerprint density at radius 3 is 2.58 bits per heavy atom. The van der Waals surface area contributed by atoms with E-state index in [1.165, 1.54) is 23.3 Å². The molecule has 0 spiro atoms. The quantitative estimate of drug-likeness (QED) is 0.809. The van der Waals surface area contributed by atoms with Crippen molar-refractivity contribution in [1.29, 1.82) is 0 Å². The fourth-order valence-corrected chi connectivity index (χ4v) is 2.37. The number of thiophene rings is 1. The van der Waals surface area contributed by atoms with Crippen LogP contribution in [0.25, 0.3) is 0 Å². The van der Waals surface area contributed by atoms with Gasteiger partial charge < -0.3 is 9.64 Å². The number of anilines is 1. The van der Waals surface area contributed by atoms with Gasteiger partial charge in [-0.3, -0.25) is 4.79 Å². The monoisotopic (exact) mass is 275 g/mol. The molecule has 0 aliphatic carbocycles. The Labute approximate surface area is 115 Å². The van der Waals surface area contributed by atoms with E-state index in [1.54, 1.807) is 42.8 Å². The first-order valence-electron chi connectivity index (χ1n) is 5.62. The van der Waals surface area contributed by atoms with Crippen molar-refractivity contribution in [2.75, 3.05) is 19.1 Å². The van der Waals surface area contributed by atoms with Gasteiger partial charge in [-0.2, -0.15) is 11.3 Å². The molecule has 2 rings (SSSR count). The lowest BCUT2D eigenvalue weighted by Crippen LogP contribution is -2.27. The number of benzene rings is 1. The summed E-state index contributed by atoms with van der Waals surface area (Å²) < 4.78 is 4.72. The number of rotatable bonds is 3. The van der Waals surface area contributed by atoms with Gasteiger partial charge in [0.15, 0.2) is 0 Å². The van der Waals surface area contributed by atoms with E-state index in [0.717, 1.165) is 0 Å². The van der Waals surface area contributed by atoms with E-state index in [9.17, 15) is 9.59 Å². The SMILES string of the molecule is COC(=O)c1ccccc1N(C)C(=O)c1ccsc1. The van der Waals surface area contributed by atoms with Gasteiger partial charge in [0.25, 0.3) is 5.91 Å². The van der Waals surface area contributed by atoms with Crippen LogP contribution in [0.2, 0.25) is 0 Å². The standard InChI is InChI=1S/C14H13NO3S/c1-15(13(16)10-7-8-19-9-10)12-6-4-3-5-11(12)14(17)18-2/h3-9H,1-2H3. The fraction of sp³-hybridized carbons (Fsp3) is 0.143. The molecule has 0 fully saturated rings. The molecule has 1 aromatic heterocycles. The van der Waals surface area contributed by atoms with Crippen molar-refractivity contribution >= 4 is 28.9 Å². The lowest BCUT2D eigenvalue weighted by Gasteiger charge is -2.19. The summed E-state index contributed by atoms with van der Waals surface area (Å²) in [6.07, 6.45) is 0. The second-order valence-electron chi connectivity index (χ2n) is 3.88. The molecule has 1 heterocycles. The summed E-state index contributed by atoms with van der Waals surface area (Å²) >= 11 is 1.46. The molecule has 0 radical (unpaired) electrons. The van der Waals surface area contributed by atoms with E-state index in [4.69, 9.17) is 4.74 Å². The summed E-state index contributed by atoms with van der Waals surface area (Å²) in [5, 5.41) is 3.62. The largest absolute Gasteiger partial charge is 0.465 e. The highest BCUT2D eigenvalue weighted by molar-refractivity contribution is 7.08. The molecule has 0 unspecified atom stereocenters. The predicted molar refractivity (Wildman–Crippen MR) is 74.8 cm³/mol. The zero-order valence-corrected chi connectivity index (χ0v) is 11.4. The maximum Gasteiger partial charge on any atom is 0.339 e. The summed E-state index contributed by atoms with van der Waals surface area (Å²) in [5.74, 6) is -0.613. The maximum absolute atomic E-state index is 12.2. The van der Waals surface area contributed by atoms with Gasteiger partial charge in [0.1, 0.15) is 0 Å². The van der Waals surface area contributed by atoms with Crippen molar-refractivity contribution in [3.63, 3.8) is 0 Å². The Hall–Kier alpha value is -2.14. The average molecular weight is 275 g/mol. The Balaban J connectivity index is 2.36. The van der Waals surface area contributed by atoms with Crippen molar-refractivity contribution in [3.05, 3.63) is 52.2 Å². The highest BCUT2D eigenvalue weighted by Crippen LogP contribution is 2.22. The molecule has 1 aromatic carbocycles. The second kappa shape index (κ2) is 5.67. The molecule has 2 aromatic rings. The average Bonchev–Trinajstić information content (AvgIpc) is 2.99. The molecular weight excluding hydrogens is 262 g/mol. The molecule has 4 nitrogen and oxygen atoms in total. The molecule has 5 heteroatoms. The van der Waals surface area contributed by atoms with Crippen LogP contribution in [0.3, 0.4) is 0 Å². The van der Waals surface area contributed by atoms with Gasteiger partial charge in [0.2, 0.25) is 0 Å². The molecule has 0 saturated carbocycles. The number of hydrogen-bond donors (Lipinski definition) is 0. The number of ether oxygens (including phenoxy) is 1. The molecule has 0 N–H and O–H groups in total. The first-order chi connectivity index (χ1) is 9.15. The topological polar surface area (TPSA) is 46.6 Å². The van der Waals surface area contributed by atoms with Gasteiger partial charge in [-0.25, -0.2) is 4.79 Å². The Kier molecular flexibility index (Phi) is 3.97. The minimum absolute atomic E-state index is 0.155. The number of nitrogens with zero attached hydrogens (tertiary/aromatic N) is 1. The van der Waals surface area contributed by atoms with Crippen molar-refractivity contribution in [2.45, 2.75) is 0 Å². The normalized spacial score (nSPS) is 10.0. The van der Waals surface area contributed by atoms with E-state index in [1.807, 2.05) is 5.38 Å². The van der Waals surface area contributed by atoms with Gasteiger partial charge in [-0.1, -0.05) is 12.1 Å². The zero-order chi connectivity index (χ0) is 13.8. The number of para-hydroxylation sites is 1. The van der Waals surface area contributed by atoms with Crippen LogP contribution in [0.4, 0.5) is 5.69 Å². The number of esters is 1. The molecule has 98 valence electrons. The van der Waals surface area contributed by atoms with Crippen LogP contribution in [0.1, 0.15) is 20.7 Å². The summed E-state index contributed by atoms with van der Waals surface area (Å²) in [6.45, 7) is 0. The van der Waals surface area contributed by atoms with Crippen LogP contribution < -0.4 is 4.90 Å². The third-order valence-electron chi connectivity index (χ3n) is 2.74. The summed E-state index contributed by atoms with van der Waals surface area (Å²) in [7, 11) is 2.96. The molecule has 0 atom stereocenters. The Morgan fingerprint density at radius 2 is 1.95 bits per heavy atom. The number of carbonyl (C=O) groups is 2. The minimum atomic E-state index is -0.458. The molecule has 1 amide bonds. The minimum Gasteiger partial charge on any atom is -0.465 e. The van der Waals surface area contributed by atoms with Gasteiger partial charge in [0, 0.05) is 12.4 Å². The molecule has 19 heavy (non-hydrogen) atoms. The van der Waals surface area contributed by atoms with Crippen molar-refractivity contribution in [1.82, 2.24) is 0 Å². The van der Waals surface area contributed by atoms with Crippen LogP contribution in [0.5, 0.6) is 0 Å². The van der Waals surface area contributed by atoms with E-state index in [-0.39, 0.29) is 5.91 Å².